The molecule has 0 heteroatoms. The summed E-state index contributed by atoms with van der Waals surface area (Å²) in [4.78, 5) is 0. The molecule has 0 aliphatic heterocycles. The van der Waals surface area contributed by atoms with Gasteiger partial charge in [-0.15, -0.1) is 0 Å². The molecule has 55 valence electrons. The van der Waals surface area contributed by atoms with Gasteiger partial charge in [0.05, 0.1) is 0 Å². The quantitative estimate of drug-likeness (QED) is 0.447. The van der Waals surface area contributed by atoms with Crippen molar-refractivity contribution in [1.29, 1.82) is 0 Å². The Hall–Kier alpha value is -0.520. The highest BCUT2D eigenvalue weighted by Crippen LogP contribution is 2.06. The van der Waals surface area contributed by atoms with Crippen molar-refractivity contribution in [3.8, 4) is 0 Å². The van der Waals surface area contributed by atoms with Crippen molar-refractivity contribution in [2.45, 2.75) is 38.5 Å². The monoisotopic (exact) mass is 135 g/mol. The van der Waals surface area contributed by atoms with E-state index in [0.29, 0.717) is 0 Å². The van der Waals surface area contributed by atoms with Crippen LogP contribution in [-0.4, -0.2) is 0 Å². The molecule has 1 radical (unpaired) electrons. The summed E-state index contributed by atoms with van der Waals surface area (Å²) >= 11 is 0. The molecule has 0 N–H and O–H groups in total. The van der Waals surface area contributed by atoms with E-state index in [9.17, 15) is 0 Å². The molecule has 0 aromatic carbocycles. The van der Waals surface area contributed by atoms with Crippen molar-refractivity contribution in [1.82, 2.24) is 0 Å². The van der Waals surface area contributed by atoms with Crippen molar-refractivity contribution in [2.24, 2.45) is 0 Å². The van der Waals surface area contributed by atoms with Crippen LogP contribution in [0.5, 0.6) is 0 Å². The first-order valence-electron chi connectivity index (χ1n) is 4.20. The van der Waals surface area contributed by atoms with E-state index in [1.165, 1.54) is 32.1 Å². The van der Waals surface area contributed by atoms with Gasteiger partial charge in [0, 0.05) is 0 Å². The van der Waals surface area contributed by atoms with Gasteiger partial charge in [-0.2, -0.15) is 0 Å². The Bertz CT molecular complexity index is 106. The molecule has 0 nitrogen and oxygen atoms in total. The lowest BCUT2D eigenvalue weighted by atomic mass is 10.1. The molecule has 10 heavy (non-hydrogen) atoms. The second-order valence-electron chi connectivity index (χ2n) is 2.72. The van der Waals surface area contributed by atoms with Crippen LogP contribution in [0.15, 0.2) is 18.2 Å². The van der Waals surface area contributed by atoms with Crippen LogP contribution >= 0.6 is 0 Å². The molecule has 0 amide bonds. The summed E-state index contributed by atoms with van der Waals surface area (Å²) in [6, 6.07) is 0. The first-order valence-corrected chi connectivity index (χ1v) is 4.20. The Morgan fingerprint density at radius 1 is 0.900 bits per heavy atom. The second-order valence-corrected chi connectivity index (χ2v) is 2.72. The van der Waals surface area contributed by atoms with Gasteiger partial charge in [-0.1, -0.05) is 24.6 Å². The van der Waals surface area contributed by atoms with E-state index < -0.39 is 0 Å². The Morgan fingerprint density at radius 3 is 2.80 bits per heavy atom. The minimum atomic E-state index is 1.01. The van der Waals surface area contributed by atoms with Gasteiger partial charge in [-0.05, 0) is 38.2 Å². The van der Waals surface area contributed by atoms with E-state index in [1.54, 1.807) is 0 Å². The summed E-state index contributed by atoms with van der Waals surface area (Å²) in [5.74, 6) is 0. The number of allylic oxidation sites excluding steroid dienone is 4. The van der Waals surface area contributed by atoms with Crippen LogP contribution in [0, 0.1) is 6.08 Å². The zero-order valence-corrected chi connectivity index (χ0v) is 6.47. The SMILES string of the molecule is [C]1=C\CCCCC/C=C\C/1. The van der Waals surface area contributed by atoms with E-state index in [2.05, 4.69) is 24.3 Å². The average Bonchev–Trinajstić information content (AvgIpc) is 2.01. The lowest BCUT2D eigenvalue weighted by Crippen LogP contribution is -1.77. The van der Waals surface area contributed by atoms with Crippen molar-refractivity contribution in [3.05, 3.63) is 24.3 Å². The maximum Gasteiger partial charge on any atom is -0.00979 e. The smallest absolute Gasteiger partial charge is 0.00979 e. The Labute approximate surface area is 63.6 Å². The third kappa shape index (κ3) is 3.49. The molecule has 0 unspecified atom stereocenters. The maximum atomic E-state index is 3.24. The summed E-state index contributed by atoms with van der Waals surface area (Å²) in [7, 11) is 0. The summed E-state index contributed by atoms with van der Waals surface area (Å²) < 4.78 is 0. The number of hydrogen-bond donors (Lipinski definition) is 0. The maximum absolute atomic E-state index is 3.24. The molecule has 0 fully saturated rings. The minimum Gasteiger partial charge on any atom is -0.0882 e. The highest BCUT2D eigenvalue weighted by atomic mass is 13.9. The normalized spacial score (nSPS) is 27.2. The van der Waals surface area contributed by atoms with E-state index >= 15 is 0 Å². The molecule has 0 aromatic heterocycles. The molecule has 0 bridgehead atoms. The zero-order valence-electron chi connectivity index (χ0n) is 6.47. The van der Waals surface area contributed by atoms with Crippen LogP contribution in [0.2, 0.25) is 0 Å². The van der Waals surface area contributed by atoms with Crippen LogP contribution < -0.4 is 0 Å². The fourth-order valence-corrected chi connectivity index (χ4v) is 1.14. The van der Waals surface area contributed by atoms with E-state index in [1.807, 2.05) is 0 Å². The third-order valence-corrected chi connectivity index (χ3v) is 1.77. The predicted molar refractivity (Wildman–Crippen MR) is 44.7 cm³/mol. The van der Waals surface area contributed by atoms with Gasteiger partial charge in [0.2, 0.25) is 0 Å². The molecular weight excluding hydrogens is 120 g/mol. The topological polar surface area (TPSA) is 0 Å². The average molecular weight is 135 g/mol. The van der Waals surface area contributed by atoms with Crippen LogP contribution in [-0.2, 0) is 0 Å². The van der Waals surface area contributed by atoms with Crippen LogP contribution in [0.4, 0.5) is 0 Å². The van der Waals surface area contributed by atoms with E-state index in [4.69, 9.17) is 0 Å². The summed E-state index contributed by atoms with van der Waals surface area (Å²) in [6.45, 7) is 0. The van der Waals surface area contributed by atoms with Crippen molar-refractivity contribution in [3.63, 3.8) is 0 Å². The molecule has 0 aromatic rings. The minimum absolute atomic E-state index is 1.01. The second kappa shape index (κ2) is 5.28. The van der Waals surface area contributed by atoms with Crippen LogP contribution in [0.25, 0.3) is 0 Å². The van der Waals surface area contributed by atoms with Crippen molar-refractivity contribution >= 4 is 0 Å². The molecule has 0 saturated carbocycles. The van der Waals surface area contributed by atoms with Gasteiger partial charge < -0.3 is 0 Å². The van der Waals surface area contributed by atoms with Gasteiger partial charge in [0.1, 0.15) is 0 Å². The zero-order chi connectivity index (χ0) is 7.07. The third-order valence-electron chi connectivity index (χ3n) is 1.77. The summed E-state index contributed by atoms with van der Waals surface area (Å²) in [6.07, 6.45) is 17.5. The molecule has 0 spiro atoms. The van der Waals surface area contributed by atoms with Crippen molar-refractivity contribution in [2.75, 3.05) is 0 Å². The number of hydrogen-bond acceptors (Lipinski definition) is 0. The lowest BCUT2D eigenvalue weighted by Gasteiger charge is -1.96. The van der Waals surface area contributed by atoms with Gasteiger partial charge in [-0.25, -0.2) is 0 Å². The molecule has 0 heterocycles. The van der Waals surface area contributed by atoms with Gasteiger partial charge in [0.15, 0.2) is 0 Å². The lowest BCUT2D eigenvalue weighted by molar-refractivity contribution is 0.692. The Balaban J connectivity index is 2.25. The molecular formula is C10H15. The molecule has 1 aliphatic carbocycles. The van der Waals surface area contributed by atoms with Gasteiger partial charge >= 0.3 is 0 Å². The largest absolute Gasteiger partial charge is 0.0882 e. The molecule has 1 rings (SSSR count). The highest BCUT2D eigenvalue weighted by Gasteiger charge is 1.87. The first-order chi connectivity index (χ1) is 5.00. The first kappa shape index (κ1) is 7.59. The predicted octanol–water partition coefficient (Wildman–Crippen LogP) is 3.26. The van der Waals surface area contributed by atoms with Gasteiger partial charge in [0.25, 0.3) is 0 Å². The molecule has 1 aliphatic rings. The van der Waals surface area contributed by atoms with E-state index in [-0.39, 0.29) is 0 Å². The van der Waals surface area contributed by atoms with Gasteiger partial charge in [-0.3, -0.25) is 0 Å². The Morgan fingerprint density at radius 2 is 1.80 bits per heavy atom. The summed E-state index contributed by atoms with van der Waals surface area (Å²) in [5.41, 5.74) is 0. The van der Waals surface area contributed by atoms with Crippen LogP contribution in [0.3, 0.4) is 0 Å². The standard InChI is InChI=1S/C10H15/c1-2-4-6-8-10-9-7-5-3-1/h1-2,8H,3-5,7,9-10H2/b2-1-,8-6?. The van der Waals surface area contributed by atoms with Crippen LogP contribution in [0.1, 0.15) is 38.5 Å². The highest BCUT2D eigenvalue weighted by molar-refractivity contribution is 4.88. The Kier molecular flexibility index (Phi) is 4.00. The summed E-state index contributed by atoms with van der Waals surface area (Å²) in [5, 5.41) is 0. The van der Waals surface area contributed by atoms with E-state index in [0.717, 1.165) is 6.42 Å². The molecule has 0 saturated heterocycles. The van der Waals surface area contributed by atoms with Crippen molar-refractivity contribution < 1.29 is 0 Å². The fourth-order valence-electron chi connectivity index (χ4n) is 1.14. The fraction of sp³-hybridized carbons (Fsp3) is 0.600. The molecule has 0 atom stereocenters. The number of rotatable bonds is 0.